The van der Waals surface area contributed by atoms with Crippen molar-refractivity contribution in [1.82, 2.24) is 4.98 Å². The van der Waals surface area contributed by atoms with Crippen molar-refractivity contribution in [2.45, 2.75) is 37.9 Å². The first-order valence-electron chi connectivity index (χ1n) is 5.89. The lowest BCUT2D eigenvalue weighted by atomic mass is 9.85. The van der Waals surface area contributed by atoms with Crippen LogP contribution in [0.25, 0.3) is 0 Å². The largest absolute Gasteiger partial charge is 0.391 e. The van der Waals surface area contributed by atoms with E-state index in [1.54, 1.807) is 0 Å². The number of aromatic nitrogens is 1. The Morgan fingerprint density at radius 2 is 2.00 bits per heavy atom. The molecule has 2 nitrogen and oxygen atoms in total. The van der Waals surface area contributed by atoms with Gasteiger partial charge in [-0.3, -0.25) is 4.98 Å². The average Bonchev–Trinajstić information content (AvgIpc) is 2.28. The van der Waals surface area contributed by atoms with Crippen LogP contribution in [0, 0.1) is 11.7 Å². The molecule has 0 amide bonds. The molecule has 0 aromatic carbocycles. The third-order valence-corrected chi connectivity index (χ3v) is 3.21. The Morgan fingerprint density at radius 1 is 1.22 bits per heavy atom. The normalized spacial score (nSPS) is 24.9. The first-order chi connectivity index (χ1) is 8.45. The molecule has 6 heteroatoms. The fraction of sp³-hybridized carbons (Fsp3) is 0.583. The molecule has 1 aromatic heterocycles. The highest BCUT2D eigenvalue weighted by Crippen LogP contribution is 2.38. The molecule has 100 valence electrons. The summed E-state index contributed by atoms with van der Waals surface area (Å²) >= 11 is 0. The fourth-order valence-electron chi connectivity index (χ4n) is 2.34. The predicted molar refractivity (Wildman–Crippen MR) is 59.6 cm³/mol. The quantitative estimate of drug-likeness (QED) is 0.821. The number of rotatable bonds is 2. The minimum absolute atomic E-state index is 0.0417. The first-order valence-corrected chi connectivity index (χ1v) is 5.89. The van der Waals surface area contributed by atoms with E-state index in [-0.39, 0.29) is 18.9 Å². The van der Waals surface area contributed by atoms with Crippen LogP contribution in [0.1, 0.15) is 25.7 Å². The zero-order chi connectivity index (χ0) is 13.2. The summed E-state index contributed by atoms with van der Waals surface area (Å²) in [5, 5.41) is 2.92. The predicted octanol–water partition coefficient (Wildman–Crippen LogP) is 3.75. The van der Waals surface area contributed by atoms with Gasteiger partial charge in [0.25, 0.3) is 0 Å². The molecule has 1 fully saturated rings. The van der Waals surface area contributed by atoms with Crippen molar-refractivity contribution in [3.8, 4) is 0 Å². The van der Waals surface area contributed by atoms with Crippen LogP contribution in [-0.4, -0.2) is 17.2 Å². The van der Waals surface area contributed by atoms with Gasteiger partial charge in [-0.2, -0.15) is 13.2 Å². The van der Waals surface area contributed by atoms with Crippen molar-refractivity contribution in [1.29, 1.82) is 0 Å². The van der Waals surface area contributed by atoms with Crippen molar-refractivity contribution >= 4 is 5.69 Å². The summed E-state index contributed by atoms with van der Waals surface area (Å²) in [7, 11) is 0. The molecule has 1 heterocycles. The summed E-state index contributed by atoms with van der Waals surface area (Å²) < 4.78 is 50.8. The highest BCUT2D eigenvalue weighted by atomic mass is 19.4. The maximum absolute atomic E-state index is 12.9. The van der Waals surface area contributed by atoms with Crippen LogP contribution < -0.4 is 5.32 Å². The van der Waals surface area contributed by atoms with E-state index in [4.69, 9.17) is 0 Å². The van der Waals surface area contributed by atoms with Gasteiger partial charge in [0.1, 0.15) is 5.82 Å². The third kappa shape index (κ3) is 3.34. The molecule has 2 unspecified atom stereocenters. The van der Waals surface area contributed by atoms with Crippen LogP contribution in [-0.2, 0) is 0 Å². The van der Waals surface area contributed by atoms with Crippen LogP contribution in [0.5, 0.6) is 0 Å². The zero-order valence-corrected chi connectivity index (χ0v) is 9.67. The van der Waals surface area contributed by atoms with Gasteiger partial charge in [-0.15, -0.1) is 0 Å². The zero-order valence-electron chi connectivity index (χ0n) is 9.67. The molecule has 0 aliphatic heterocycles. The van der Waals surface area contributed by atoms with Crippen LogP contribution in [0.3, 0.4) is 0 Å². The van der Waals surface area contributed by atoms with Gasteiger partial charge in [-0.1, -0.05) is 6.42 Å². The lowest BCUT2D eigenvalue weighted by molar-refractivity contribution is -0.182. The highest BCUT2D eigenvalue weighted by molar-refractivity contribution is 5.41. The van der Waals surface area contributed by atoms with Gasteiger partial charge >= 0.3 is 6.18 Å². The van der Waals surface area contributed by atoms with E-state index in [0.717, 1.165) is 6.20 Å². The van der Waals surface area contributed by atoms with Crippen LogP contribution in [0.15, 0.2) is 18.5 Å². The molecule has 1 aromatic rings. The third-order valence-electron chi connectivity index (χ3n) is 3.21. The maximum Gasteiger partial charge on any atom is 0.391 e. The van der Waals surface area contributed by atoms with Gasteiger partial charge in [0.15, 0.2) is 0 Å². The summed E-state index contributed by atoms with van der Waals surface area (Å²) in [5.41, 5.74) is 0.433. The van der Waals surface area contributed by atoms with Crippen LogP contribution >= 0.6 is 0 Å². The second kappa shape index (κ2) is 5.12. The Bertz CT molecular complexity index is 405. The van der Waals surface area contributed by atoms with Crippen molar-refractivity contribution in [2.75, 3.05) is 5.32 Å². The van der Waals surface area contributed by atoms with Crippen molar-refractivity contribution < 1.29 is 17.6 Å². The molecule has 2 atom stereocenters. The summed E-state index contributed by atoms with van der Waals surface area (Å²) in [5.74, 6) is -1.76. The number of pyridine rings is 1. The number of nitrogens with zero attached hydrogens (tertiary/aromatic N) is 1. The molecule has 0 radical (unpaired) electrons. The molecule has 0 bridgehead atoms. The molecule has 1 N–H and O–H groups in total. The fourth-order valence-corrected chi connectivity index (χ4v) is 2.34. The highest BCUT2D eigenvalue weighted by Gasteiger charge is 2.42. The Balaban J connectivity index is 1.98. The topological polar surface area (TPSA) is 24.9 Å². The van der Waals surface area contributed by atoms with E-state index in [0.29, 0.717) is 18.5 Å². The Hall–Kier alpha value is -1.33. The van der Waals surface area contributed by atoms with E-state index in [1.165, 1.54) is 12.3 Å². The second-order valence-electron chi connectivity index (χ2n) is 4.64. The molecule has 2 rings (SSSR count). The van der Waals surface area contributed by atoms with Gasteiger partial charge in [0.05, 0.1) is 24.0 Å². The second-order valence-corrected chi connectivity index (χ2v) is 4.64. The van der Waals surface area contributed by atoms with Crippen molar-refractivity contribution in [3.05, 3.63) is 24.3 Å². The minimum Gasteiger partial charge on any atom is -0.381 e. The van der Waals surface area contributed by atoms with Gasteiger partial charge < -0.3 is 5.32 Å². The summed E-state index contributed by atoms with van der Waals surface area (Å²) in [6.45, 7) is 0. The van der Waals surface area contributed by atoms with E-state index < -0.39 is 17.9 Å². The minimum atomic E-state index is -4.14. The van der Waals surface area contributed by atoms with Gasteiger partial charge in [0.2, 0.25) is 0 Å². The van der Waals surface area contributed by atoms with Gasteiger partial charge in [-0.05, 0) is 19.3 Å². The molecule has 1 saturated carbocycles. The monoisotopic (exact) mass is 262 g/mol. The van der Waals surface area contributed by atoms with Crippen LogP contribution in [0.2, 0.25) is 0 Å². The number of anilines is 1. The lowest BCUT2D eigenvalue weighted by Crippen LogP contribution is -2.34. The molecule has 0 spiro atoms. The number of halogens is 4. The first kappa shape index (κ1) is 13.1. The summed E-state index contributed by atoms with van der Waals surface area (Å²) in [6, 6.07) is 0.971. The standard InChI is InChI=1S/C12H14F4N2/c13-9-5-11(7-17-6-9)18-10-3-1-2-8(4-10)12(14,15)16/h5-8,10,18H,1-4H2. The number of alkyl halides is 3. The van der Waals surface area contributed by atoms with Crippen molar-refractivity contribution in [2.24, 2.45) is 5.92 Å². The molecular weight excluding hydrogens is 248 g/mol. The summed E-state index contributed by atoms with van der Waals surface area (Å²) in [6.07, 6.45) is -0.234. The smallest absolute Gasteiger partial charge is 0.381 e. The number of nitrogens with one attached hydrogen (secondary N) is 1. The molecule has 1 aliphatic rings. The maximum atomic E-state index is 12.9. The summed E-state index contributed by atoms with van der Waals surface area (Å²) in [4.78, 5) is 3.66. The van der Waals surface area contributed by atoms with Crippen molar-refractivity contribution in [3.63, 3.8) is 0 Å². The molecule has 0 saturated heterocycles. The Labute approximate surface area is 102 Å². The van der Waals surface area contributed by atoms with E-state index >= 15 is 0 Å². The number of hydrogen-bond donors (Lipinski definition) is 1. The van der Waals surface area contributed by atoms with Gasteiger partial charge in [0, 0.05) is 12.1 Å². The average molecular weight is 262 g/mol. The van der Waals surface area contributed by atoms with E-state index in [2.05, 4.69) is 10.3 Å². The lowest BCUT2D eigenvalue weighted by Gasteiger charge is -2.31. The molecular formula is C12H14F4N2. The SMILES string of the molecule is Fc1cncc(NC2CCCC(C(F)(F)F)C2)c1. The van der Waals surface area contributed by atoms with Gasteiger partial charge in [-0.25, -0.2) is 4.39 Å². The van der Waals surface area contributed by atoms with Crippen LogP contribution in [0.4, 0.5) is 23.2 Å². The molecule has 1 aliphatic carbocycles. The Morgan fingerprint density at radius 3 is 2.67 bits per heavy atom. The molecule has 18 heavy (non-hydrogen) atoms. The Kier molecular flexibility index (Phi) is 3.73. The van der Waals surface area contributed by atoms with E-state index in [1.807, 2.05) is 0 Å². The van der Waals surface area contributed by atoms with E-state index in [9.17, 15) is 17.6 Å². The number of hydrogen-bond acceptors (Lipinski definition) is 2.